The summed E-state index contributed by atoms with van der Waals surface area (Å²) in [5.74, 6) is 2.28. The first kappa shape index (κ1) is 35.3. The molecule has 0 bridgehead atoms. The van der Waals surface area contributed by atoms with E-state index in [4.69, 9.17) is 22.6 Å². The van der Waals surface area contributed by atoms with E-state index in [1.165, 1.54) is 0 Å². The number of rotatable bonds is 10. The van der Waals surface area contributed by atoms with E-state index in [1.807, 2.05) is 49.1 Å². The van der Waals surface area contributed by atoms with Gasteiger partial charge >= 0.3 is 0 Å². The number of nitrogens with zero attached hydrogens (tertiary/aromatic N) is 4. The lowest BCUT2D eigenvalue weighted by atomic mass is 9.95. The molecule has 4 aromatic rings. The molecule has 6 rings (SSSR count). The Morgan fingerprint density at radius 2 is 1.51 bits per heavy atom. The van der Waals surface area contributed by atoms with Gasteiger partial charge in [-0.1, -0.05) is 64.6 Å². The molecule has 10 heteroatoms. The molecule has 2 amide bonds. The molecule has 0 aliphatic carbocycles. The number of thioether (sulfide) groups is 1. The average Bonchev–Trinajstić information content (AvgIpc) is 3.92. The van der Waals surface area contributed by atoms with E-state index in [0.29, 0.717) is 0 Å². The van der Waals surface area contributed by atoms with Crippen molar-refractivity contribution in [1.29, 1.82) is 0 Å². The monoisotopic (exact) mass is 698 g/mol. The molecule has 2 aromatic carbocycles. The van der Waals surface area contributed by atoms with E-state index in [-0.39, 0.29) is 35.7 Å². The van der Waals surface area contributed by atoms with Gasteiger partial charge in [-0.25, -0.2) is 9.97 Å². The van der Waals surface area contributed by atoms with Gasteiger partial charge in [0.25, 0.3) is 0 Å². The largest absolute Gasteiger partial charge is 0.340 e. The number of carbonyl (C=O) groups excluding carboxylic acids is 2. The summed E-state index contributed by atoms with van der Waals surface area (Å²) in [5.41, 5.74) is 6.72. The highest BCUT2D eigenvalue weighted by Gasteiger charge is 2.44. The zero-order valence-electron chi connectivity index (χ0n) is 29.8. The van der Waals surface area contributed by atoms with Gasteiger partial charge in [0.2, 0.25) is 11.8 Å². The van der Waals surface area contributed by atoms with Crippen molar-refractivity contribution >= 4 is 52.8 Å². The molecule has 260 valence electrons. The maximum absolute atomic E-state index is 13.7. The molecule has 2 aromatic heterocycles. The molecule has 0 saturated carbocycles. The number of hydrogen-bond acceptors (Lipinski definition) is 6. The number of H-pyrrole nitrogens is 2. The highest BCUT2D eigenvalue weighted by Crippen LogP contribution is 2.40. The standard InChI is InChI=1S/C39H50N6O2S2/c1-23(2)38(6,48)36(46)44-19-9-11-32(44)34-40-22-31(43-34)27-15-13-26(14-16-27)25(5)28-17-18-29-30(21-28)42-35(41-29)33-12-10-20-45(33)37(47)39(7,49-8)24(3)4/h13-18,21-24,32-33,48H,5,9-12,19-20H2,1-4,6-8H3,(H,40,43)(H,41,42). The Balaban J connectivity index is 1.17. The van der Waals surface area contributed by atoms with Gasteiger partial charge < -0.3 is 19.8 Å². The number of nitrogens with one attached hydrogen (secondary N) is 2. The van der Waals surface area contributed by atoms with Crippen LogP contribution in [-0.2, 0) is 9.59 Å². The highest BCUT2D eigenvalue weighted by molar-refractivity contribution is 8.00. The second-order valence-electron chi connectivity index (χ2n) is 14.7. The Bertz CT molecular complexity index is 1860. The van der Waals surface area contributed by atoms with Gasteiger partial charge in [-0.3, -0.25) is 9.59 Å². The molecule has 2 aliphatic rings. The minimum atomic E-state index is -0.721. The van der Waals surface area contributed by atoms with Crippen LogP contribution >= 0.6 is 24.4 Å². The molecular formula is C39H50N6O2S2. The van der Waals surface area contributed by atoms with Crippen molar-refractivity contribution in [3.8, 4) is 11.3 Å². The molecule has 2 fully saturated rings. The molecular weight excluding hydrogens is 649 g/mol. The number of imidazole rings is 2. The maximum Gasteiger partial charge on any atom is 0.239 e. The van der Waals surface area contributed by atoms with Crippen LogP contribution in [0.3, 0.4) is 0 Å². The fourth-order valence-electron chi connectivity index (χ4n) is 7.03. The molecule has 0 spiro atoms. The van der Waals surface area contributed by atoms with Gasteiger partial charge in [0.05, 0.1) is 44.5 Å². The topological polar surface area (TPSA) is 98.0 Å². The van der Waals surface area contributed by atoms with Crippen LogP contribution < -0.4 is 0 Å². The molecule has 2 aliphatic heterocycles. The summed E-state index contributed by atoms with van der Waals surface area (Å²) in [6.07, 6.45) is 7.60. The Hall–Kier alpha value is -3.50. The molecule has 4 atom stereocenters. The van der Waals surface area contributed by atoms with E-state index >= 15 is 0 Å². The Morgan fingerprint density at radius 1 is 0.898 bits per heavy atom. The van der Waals surface area contributed by atoms with Crippen molar-refractivity contribution < 1.29 is 9.59 Å². The van der Waals surface area contributed by atoms with Crippen molar-refractivity contribution in [2.45, 2.75) is 88.8 Å². The molecule has 8 nitrogen and oxygen atoms in total. The number of amides is 2. The van der Waals surface area contributed by atoms with Crippen molar-refractivity contribution in [3.05, 3.63) is 78.0 Å². The van der Waals surface area contributed by atoms with Crippen molar-refractivity contribution in [2.24, 2.45) is 11.8 Å². The molecule has 2 saturated heterocycles. The predicted molar refractivity (Wildman–Crippen MR) is 205 cm³/mol. The van der Waals surface area contributed by atoms with Crippen molar-refractivity contribution in [2.75, 3.05) is 19.3 Å². The second-order valence-corrected chi connectivity index (χ2v) is 16.9. The van der Waals surface area contributed by atoms with Gasteiger partial charge in [0, 0.05) is 13.1 Å². The van der Waals surface area contributed by atoms with E-state index in [9.17, 15) is 9.59 Å². The Morgan fingerprint density at radius 3 is 2.12 bits per heavy atom. The zero-order chi connectivity index (χ0) is 35.2. The smallest absolute Gasteiger partial charge is 0.239 e. The fourth-order valence-corrected chi connectivity index (χ4v) is 7.92. The number of fused-ring (bicyclic) bond motifs is 1. The van der Waals surface area contributed by atoms with Crippen LogP contribution in [0.5, 0.6) is 0 Å². The second kappa shape index (κ2) is 13.7. The summed E-state index contributed by atoms with van der Waals surface area (Å²) >= 11 is 6.37. The minimum absolute atomic E-state index is 0.0484. The SMILES string of the molecule is C=C(c1ccc(-c2cnc(C3CCCN3C(=O)C(C)(S)C(C)C)[nH]2)cc1)c1ccc2nc(C3CCCN3C(=O)C(C)(SC)C(C)C)[nH]c2c1. The van der Waals surface area contributed by atoms with E-state index in [1.54, 1.807) is 11.8 Å². The van der Waals surface area contributed by atoms with Gasteiger partial charge in [-0.2, -0.15) is 12.6 Å². The molecule has 49 heavy (non-hydrogen) atoms. The molecule has 0 radical (unpaired) electrons. The van der Waals surface area contributed by atoms with Gasteiger partial charge in [-0.05, 0) is 92.0 Å². The first-order valence-corrected chi connectivity index (χ1v) is 19.2. The lowest BCUT2D eigenvalue weighted by Crippen LogP contribution is -2.47. The van der Waals surface area contributed by atoms with Crippen LogP contribution in [0.1, 0.15) is 102 Å². The number of aromatic nitrogens is 4. The molecule has 4 heterocycles. The quantitative estimate of drug-likeness (QED) is 0.144. The maximum atomic E-state index is 13.7. The highest BCUT2D eigenvalue weighted by atomic mass is 32.2. The number of thiol groups is 1. The van der Waals surface area contributed by atoms with E-state index in [0.717, 1.165) is 89.4 Å². The third-order valence-electron chi connectivity index (χ3n) is 11.2. The molecule has 4 unspecified atom stereocenters. The summed E-state index contributed by atoms with van der Waals surface area (Å²) in [4.78, 5) is 47.8. The lowest BCUT2D eigenvalue weighted by Gasteiger charge is -2.36. The van der Waals surface area contributed by atoms with Crippen LogP contribution in [0.4, 0.5) is 0 Å². The van der Waals surface area contributed by atoms with Crippen LogP contribution in [0.15, 0.2) is 55.2 Å². The fraction of sp³-hybridized carbons (Fsp3) is 0.487. The van der Waals surface area contributed by atoms with Gasteiger partial charge in [-0.15, -0.1) is 11.8 Å². The van der Waals surface area contributed by atoms with Crippen LogP contribution in [0.2, 0.25) is 0 Å². The number of benzene rings is 2. The summed E-state index contributed by atoms with van der Waals surface area (Å²) < 4.78 is -1.18. The van der Waals surface area contributed by atoms with Crippen molar-refractivity contribution in [1.82, 2.24) is 29.7 Å². The summed E-state index contributed by atoms with van der Waals surface area (Å²) in [6.45, 7) is 18.2. The Kier molecular flexibility index (Phi) is 9.85. The zero-order valence-corrected chi connectivity index (χ0v) is 31.5. The summed E-state index contributed by atoms with van der Waals surface area (Å²) in [6, 6.07) is 14.4. The normalized spacial score (nSPS) is 20.7. The van der Waals surface area contributed by atoms with Crippen LogP contribution in [0, 0.1) is 11.8 Å². The van der Waals surface area contributed by atoms with E-state index < -0.39 is 9.49 Å². The number of likely N-dealkylation sites (tertiary alicyclic amines) is 2. The van der Waals surface area contributed by atoms with E-state index in [2.05, 4.69) is 73.7 Å². The first-order valence-electron chi connectivity index (χ1n) is 17.5. The van der Waals surface area contributed by atoms with Gasteiger partial charge in [0.1, 0.15) is 11.6 Å². The van der Waals surface area contributed by atoms with Crippen LogP contribution in [-0.4, -0.2) is 70.4 Å². The van der Waals surface area contributed by atoms with Crippen molar-refractivity contribution in [3.63, 3.8) is 0 Å². The minimum Gasteiger partial charge on any atom is -0.340 e. The first-order chi connectivity index (χ1) is 23.3. The van der Waals surface area contributed by atoms with Crippen LogP contribution in [0.25, 0.3) is 27.9 Å². The predicted octanol–water partition coefficient (Wildman–Crippen LogP) is 8.46. The average molecular weight is 699 g/mol. The number of hydrogen-bond donors (Lipinski definition) is 3. The number of carbonyl (C=O) groups is 2. The summed E-state index contributed by atoms with van der Waals surface area (Å²) in [5, 5.41) is 0. The Labute approximate surface area is 300 Å². The third-order valence-corrected chi connectivity index (χ3v) is 13.4. The number of aromatic amines is 2. The third kappa shape index (κ3) is 6.47. The summed E-state index contributed by atoms with van der Waals surface area (Å²) in [7, 11) is 0. The molecule has 2 N–H and O–H groups in total. The lowest BCUT2D eigenvalue weighted by molar-refractivity contribution is -0.136. The van der Waals surface area contributed by atoms with Gasteiger partial charge in [0.15, 0.2) is 0 Å².